The first-order chi connectivity index (χ1) is 11.5. The van der Waals surface area contributed by atoms with Crippen molar-refractivity contribution in [1.29, 1.82) is 0 Å². The van der Waals surface area contributed by atoms with Crippen molar-refractivity contribution >= 4 is 17.7 Å². The van der Waals surface area contributed by atoms with Crippen molar-refractivity contribution in [3.63, 3.8) is 0 Å². The highest BCUT2D eigenvalue weighted by Gasteiger charge is 2.35. The molecule has 3 amide bonds. The first-order valence-corrected chi connectivity index (χ1v) is 8.77. The number of fused-ring (bicyclic) bond motifs is 1. The van der Waals surface area contributed by atoms with E-state index in [0.29, 0.717) is 30.5 Å². The van der Waals surface area contributed by atoms with Gasteiger partial charge in [-0.25, -0.2) is 0 Å². The molecule has 2 unspecified atom stereocenters. The number of imide groups is 1. The monoisotopic (exact) mass is 328 g/mol. The molecule has 2 atom stereocenters. The van der Waals surface area contributed by atoms with Crippen molar-refractivity contribution in [3.8, 4) is 0 Å². The highest BCUT2D eigenvalue weighted by atomic mass is 16.2. The summed E-state index contributed by atoms with van der Waals surface area (Å²) in [5, 5.41) is 0. The molecular formula is C19H24N2O3. The molecule has 24 heavy (non-hydrogen) atoms. The van der Waals surface area contributed by atoms with Gasteiger partial charge in [-0.15, -0.1) is 0 Å². The lowest BCUT2D eigenvalue weighted by Crippen LogP contribution is -2.47. The zero-order valence-corrected chi connectivity index (χ0v) is 14.3. The van der Waals surface area contributed by atoms with Crippen LogP contribution in [0.4, 0.5) is 0 Å². The van der Waals surface area contributed by atoms with E-state index in [2.05, 4.69) is 13.8 Å². The Morgan fingerprint density at radius 1 is 1.04 bits per heavy atom. The van der Waals surface area contributed by atoms with Gasteiger partial charge in [0.05, 0.1) is 11.1 Å². The van der Waals surface area contributed by atoms with Gasteiger partial charge < -0.3 is 4.90 Å². The van der Waals surface area contributed by atoms with Crippen molar-refractivity contribution in [2.45, 2.75) is 58.0 Å². The van der Waals surface area contributed by atoms with Crippen LogP contribution in [0.25, 0.3) is 0 Å². The van der Waals surface area contributed by atoms with Crippen LogP contribution in [0.15, 0.2) is 24.3 Å². The summed E-state index contributed by atoms with van der Waals surface area (Å²) in [6.45, 7) is 4.49. The van der Waals surface area contributed by atoms with Crippen LogP contribution < -0.4 is 0 Å². The highest BCUT2D eigenvalue weighted by Crippen LogP contribution is 2.25. The summed E-state index contributed by atoms with van der Waals surface area (Å²) in [5.74, 6) is -0.364. The van der Waals surface area contributed by atoms with E-state index in [0.717, 1.165) is 12.8 Å². The van der Waals surface area contributed by atoms with Crippen LogP contribution in [0.1, 0.15) is 66.7 Å². The van der Waals surface area contributed by atoms with Gasteiger partial charge in [0.15, 0.2) is 0 Å². The van der Waals surface area contributed by atoms with Crippen molar-refractivity contribution in [2.24, 2.45) is 0 Å². The fraction of sp³-hybridized carbons (Fsp3) is 0.526. The minimum absolute atomic E-state index is 0.131. The van der Waals surface area contributed by atoms with E-state index in [4.69, 9.17) is 0 Å². The van der Waals surface area contributed by atoms with Crippen molar-refractivity contribution in [1.82, 2.24) is 9.80 Å². The van der Waals surface area contributed by atoms with Gasteiger partial charge in [0.25, 0.3) is 11.8 Å². The minimum atomic E-state index is -0.247. The van der Waals surface area contributed by atoms with Gasteiger partial charge in [-0.2, -0.15) is 0 Å². The summed E-state index contributed by atoms with van der Waals surface area (Å²) in [5.41, 5.74) is 0.930. The molecule has 0 spiro atoms. The van der Waals surface area contributed by atoms with Gasteiger partial charge in [-0.05, 0) is 51.7 Å². The third kappa shape index (κ3) is 2.95. The maximum Gasteiger partial charge on any atom is 0.261 e. The van der Waals surface area contributed by atoms with Crippen molar-refractivity contribution in [2.75, 3.05) is 6.54 Å². The number of likely N-dealkylation sites (tertiary alicyclic amines) is 1. The van der Waals surface area contributed by atoms with Crippen LogP contribution in [-0.4, -0.2) is 46.1 Å². The van der Waals surface area contributed by atoms with Crippen LogP contribution in [0, 0.1) is 0 Å². The lowest BCUT2D eigenvalue weighted by Gasteiger charge is -2.39. The second-order valence-corrected chi connectivity index (χ2v) is 6.84. The van der Waals surface area contributed by atoms with E-state index in [1.807, 2.05) is 4.90 Å². The normalized spacial score (nSPS) is 23.6. The Bertz CT molecular complexity index is 625. The first kappa shape index (κ1) is 16.7. The minimum Gasteiger partial charge on any atom is -0.337 e. The third-order valence-corrected chi connectivity index (χ3v) is 5.13. The smallest absolute Gasteiger partial charge is 0.261 e. The number of nitrogens with zero attached hydrogens (tertiary/aromatic N) is 2. The molecule has 1 aromatic rings. The summed E-state index contributed by atoms with van der Waals surface area (Å²) in [6.07, 6.45) is 4.16. The molecule has 0 aliphatic carbocycles. The van der Waals surface area contributed by atoms with Crippen LogP contribution in [0.5, 0.6) is 0 Å². The number of benzene rings is 1. The third-order valence-electron chi connectivity index (χ3n) is 5.13. The van der Waals surface area contributed by atoms with Gasteiger partial charge in [0.2, 0.25) is 5.91 Å². The fourth-order valence-electron chi connectivity index (χ4n) is 3.87. The molecule has 1 fully saturated rings. The average molecular weight is 328 g/mol. The Morgan fingerprint density at radius 2 is 1.58 bits per heavy atom. The number of rotatable bonds is 4. The SMILES string of the molecule is CC1CCCC(C)N1C(=O)CCCN1C(=O)c2ccccc2C1=O. The number of hydrogen-bond acceptors (Lipinski definition) is 3. The molecule has 128 valence electrons. The Balaban J connectivity index is 1.57. The number of amides is 3. The molecule has 0 N–H and O–H groups in total. The quantitative estimate of drug-likeness (QED) is 0.799. The molecule has 0 saturated carbocycles. The topological polar surface area (TPSA) is 57.7 Å². The molecule has 2 aliphatic rings. The largest absolute Gasteiger partial charge is 0.337 e. The van der Waals surface area contributed by atoms with Crippen LogP contribution >= 0.6 is 0 Å². The Morgan fingerprint density at radius 3 is 2.12 bits per heavy atom. The maximum atomic E-state index is 12.5. The molecule has 0 radical (unpaired) electrons. The zero-order valence-electron chi connectivity index (χ0n) is 14.3. The molecule has 5 heteroatoms. The molecule has 0 bridgehead atoms. The average Bonchev–Trinajstić information content (AvgIpc) is 2.80. The zero-order chi connectivity index (χ0) is 17.3. The summed E-state index contributed by atoms with van der Waals surface area (Å²) in [4.78, 5) is 40.4. The Hall–Kier alpha value is -2.17. The molecule has 2 aliphatic heterocycles. The lowest BCUT2D eigenvalue weighted by molar-refractivity contribution is -0.137. The molecular weight excluding hydrogens is 304 g/mol. The molecule has 3 rings (SSSR count). The Kier molecular flexibility index (Phi) is 4.69. The lowest BCUT2D eigenvalue weighted by atomic mass is 9.97. The molecule has 5 nitrogen and oxygen atoms in total. The summed E-state index contributed by atoms with van der Waals surface area (Å²) in [6, 6.07) is 7.43. The number of piperidine rings is 1. The number of carbonyl (C=O) groups is 3. The number of hydrogen-bond donors (Lipinski definition) is 0. The Labute approximate surface area is 142 Å². The molecule has 2 heterocycles. The molecule has 1 aromatic carbocycles. The number of carbonyl (C=O) groups excluding carboxylic acids is 3. The van der Waals surface area contributed by atoms with E-state index >= 15 is 0 Å². The van der Waals surface area contributed by atoms with Gasteiger partial charge in [-0.3, -0.25) is 19.3 Å². The highest BCUT2D eigenvalue weighted by molar-refractivity contribution is 6.21. The molecule has 1 saturated heterocycles. The second kappa shape index (κ2) is 6.75. The van der Waals surface area contributed by atoms with Crippen molar-refractivity contribution < 1.29 is 14.4 Å². The second-order valence-electron chi connectivity index (χ2n) is 6.84. The van der Waals surface area contributed by atoms with Crippen molar-refractivity contribution in [3.05, 3.63) is 35.4 Å². The van der Waals surface area contributed by atoms with E-state index < -0.39 is 0 Å². The van der Waals surface area contributed by atoms with E-state index in [-0.39, 0.29) is 29.8 Å². The molecule has 0 aromatic heterocycles. The summed E-state index contributed by atoms with van der Waals surface area (Å²) < 4.78 is 0. The maximum absolute atomic E-state index is 12.5. The van der Waals surface area contributed by atoms with E-state index in [1.165, 1.54) is 11.3 Å². The predicted octanol–water partition coefficient (Wildman–Crippen LogP) is 2.85. The van der Waals surface area contributed by atoms with Gasteiger partial charge in [-0.1, -0.05) is 12.1 Å². The predicted molar refractivity (Wildman–Crippen MR) is 90.7 cm³/mol. The standard InChI is InChI=1S/C19H24N2O3/c1-13-7-5-8-14(2)21(13)17(22)11-6-12-20-18(23)15-9-3-4-10-16(15)19(20)24/h3-4,9-10,13-14H,5-8,11-12H2,1-2H3. The van der Waals surface area contributed by atoms with E-state index in [9.17, 15) is 14.4 Å². The van der Waals surface area contributed by atoms with E-state index in [1.54, 1.807) is 24.3 Å². The van der Waals surface area contributed by atoms with Gasteiger partial charge in [0.1, 0.15) is 0 Å². The van der Waals surface area contributed by atoms with Gasteiger partial charge in [0, 0.05) is 25.0 Å². The van der Waals surface area contributed by atoms with Crippen LogP contribution in [-0.2, 0) is 4.79 Å². The fourth-order valence-corrected chi connectivity index (χ4v) is 3.87. The summed E-state index contributed by atoms with van der Waals surface area (Å²) in [7, 11) is 0. The van der Waals surface area contributed by atoms with Gasteiger partial charge >= 0.3 is 0 Å². The van der Waals surface area contributed by atoms with Crippen LogP contribution in [0.3, 0.4) is 0 Å². The first-order valence-electron chi connectivity index (χ1n) is 8.77. The summed E-state index contributed by atoms with van der Waals surface area (Å²) >= 11 is 0. The van der Waals surface area contributed by atoms with Crippen LogP contribution in [0.2, 0.25) is 0 Å².